The second-order valence-electron chi connectivity index (χ2n) is 4.44. The molecule has 0 bridgehead atoms. The lowest BCUT2D eigenvalue weighted by Gasteiger charge is -2.11. The first-order chi connectivity index (χ1) is 10.6. The van der Waals surface area contributed by atoms with Gasteiger partial charge in [-0.05, 0) is 30.3 Å². The highest BCUT2D eigenvalue weighted by molar-refractivity contribution is 6.31. The third-order valence-corrected chi connectivity index (χ3v) is 3.12. The molecule has 0 spiro atoms. The van der Waals surface area contributed by atoms with Gasteiger partial charge in [-0.1, -0.05) is 29.8 Å². The van der Waals surface area contributed by atoms with Crippen molar-refractivity contribution in [2.45, 2.75) is 0 Å². The number of methoxy groups -OCH3 is 1. The molecule has 5 nitrogen and oxygen atoms in total. The van der Waals surface area contributed by atoms with Crippen molar-refractivity contribution >= 4 is 29.1 Å². The minimum absolute atomic E-state index is 0.149. The minimum atomic E-state index is -0.371. The van der Waals surface area contributed by atoms with Crippen molar-refractivity contribution in [3.8, 4) is 5.75 Å². The normalized spacial score (nSPS) is 9.91. The van der Waals surface area contributed by atoms with Crippen molar-refractivity contribution in [2.24, 2.45) is 0 Å². The van der Waals surface area contributed by atoms with Gasteiger partial charge < -0.3 is 15.4 Å². The van der Waals surface area contributed by atoms with E-state index in [2.05, 4.69) is 10.6 Å². The number of amides is 2. The first kappa shape index (κ1) is 15.9. The number of hydrogen-bond acceptors (Lipinski definition) is 3. The van der Waals surface area contributed by atoms with Gasteiger partial charge in [-0.15, -0.1) is 0 Å². The quantitative estimate of drug-likeness (QED) is 0.890. The van der Waals surface area contributed by atoms with Gasteiger partial charge in [0, 0.05) is 10.6 Å². The maximum absolute atomic E-state index is 11.9. The Morgan fingerprint density at radius 3 is 2.55 bits per heavy atom. The largest absolute Gasteiger partial charge is 0.495 e. The van der Waals surface area contributed by atoms with Gasteiger partial charge in [0.1, 0.15) is 5.75 Å². The summed E-state index contributed by atoms with van der Waals surface area (Å²) in [7, 11) is 1.50. The summed E-state index contributed by atoms with van der Waals surface area (Å²) in [6.45, 7) is -0.149. The number of carbonyl (C=O) groups is 2. The average Bonchev–Trinajstić information content (AvgIpc) is 2.53. The smallest absolute Gasteiger partial charge is 0.251 e. The Morgan fingerprint density at radius 2 is 1.86 bits per heavy atom. The van der Waals surface area contributed by atoms with Crippen LogP contribution in [-0.2, 0) is 4.79 Å². The summed E-state index contributed by atoms with van der Waals surface area (Å²) < 4.78 is 5.14. The van der Waals surface area contributed by atoms with Gasteiger partial charge in [-0.3, -0.25) is 9.59 Å². The molecule has 0 aromatic heterocycles. The maximum atomic E-state index is 11.9. The molecular weight excluding hydrogens is 304 g/mol. The molecule has 2 amide bonds. The molecule has 0 aliphatic carbocycles. The molecule has 2 N–H and O–H groups in total. The van der Waals surface area contributed by atoms with Gasteiger partial charge in [0.15, 0.2) is 0 Å². The number of carbonyl (C=O) groups excluding carboxylic acids is 2. The molecule has 0 saturated heterocycles. The molecule has 0 aliphatic heterocycles. The highest BCUT2D eigenvalue weighted by Crippen LogP contribution is 2.27. The Bertz CT molecular complexity index is 674. The lowest BCUT2D eigenvalue weighted by atomic mass is 10.2. The Kier molecular flexibility index (Phi) is 5.38. The molecule has 114 valence electrons. The summed E-state index contributed by atoms with van der Waals surface area (Å²) in [5.74, 6) is -0.189. The predicted molar refractivity (Wildman–Crippen MR) is 85.4 cm³/mol. The molecule has 0 unspecified atom stereocenters. The number of ether oxygens (including phenoxy) is 1. The van der Waals surface area contributed by atoms with Crippen LogP contribution >= 0.6 is 11.6 Å². The van der Waals surface area contributed by atoms with E-state index in [-0.39, 0.29) is 18.4 Å². The summed E-state index contributed by atoms with van der Waals surface area (Å²) in [5.41, 5.74) is 0.949. The zero-order valence-corrected chi connectivity index (χ0v) is 12.7. The Labute approximate surface area is 133 Å². The van der Waals surface area contributed by atoms with Crippen LogP contribution in [0.4, 0.5) is 5.69 Å². The number of anilines is 1. The zero-order valence-electron chi connectivity index (χ0n) is 11.9. The second kappa shape index (κ2) is 7.47. The van der Waals surface area contributed by atoms with E-state index < -0.39 is 0 Å². The SMILES string of the molecule is COc1ccc(Cl)cc1NC(=O)CNC(=O)c1ccccc1. The molecule has 0 aliphatic rings. The fraction of sp³-hybridized carbons (Fsp3) is 0.125. The highest BCUT2D eigenvalue weighted by atomic mass is 35.5. The van der Waals surface area contributed by atoms with Gasteiger partial charge in [0.05, 0.1) is 19.3 Å². The van der Waals surface area contributed by atoms with E-state index in [0.717, 1.165) is 0 Å². The maximum Gasteiger partial charge on any atom is 0.251 e. The zero-order chi connectivity index (χ0) is 15.9. The summed E-state index contributed by atoms with van der Waals surface area (Å²) in [6, 6.07) is 13.6. The summed E-state index contributed by atoms with van der Waals surface area (Å²) in [5, 5.41) is 5.67. The Balaban J connectivity index is 1.94. The number of benzene rings is 2. The molecule has 22 heavy (non-hydrogen) atoms. The molecule has 0 fully saturated rings. The minimum Gasteiger partial charge on any atom is -0.495 e. The highest BCUT2D eigenvalue weighted by Gasteiger charge is 2.10. The first-order valence-electron chi connectivity index (χ1n) is 6.57. The molecule has 0 atom stereocenters. The molecular formula is C16H15ClN2O3. The van der Waals surface area contributed by atoms with Crippen LogP contribution in [0.5, 0.6) is 5.75 Å². The number of nitrogens with one attached hydrogen (secondary N) is 2. The van der Waals surface area contributed by atoms with Crippen LogP contribution in [0.25, 0.3) is 0 Å². The van der Waals surface area contributed by atoms with E-state index in [4.69, 9.17) is 16.3 Å². The Hall–Kier alpha value is -2.53. The summed E-state index contributed by atoms with van der Waals surface area (Å²) in [6.07, 6.45) is 0. The number of hydrogen-bond donors (Lipinski definition) is 2. The average molecular weight is 319 g/mol. The fourth-order valence-electron chi connectivity index (χ4n) is 1.82. The van der Waals surface area contributed by atoms with E-state index >= 15 is 0 Å². The molecule has 0 radical (unpaired) electrons. The monoisotopic (exact) mass is 318 g/mol. The summed E-state index contributed by atoms with van der Waals surface area (Å²) >= 11 is 5.89. The summed E-state index contributed by atoms with van der Waals surface area (Å²) in [4.78, 5) is 23.7. The van der Waals surface area contributed by atoms with Gasteiger partial charge >= 0.3 is 0 Å². The van der Waals surface area contributed by atoms with Gasteiger partial charge in [0.25, 0.3) is 5.91 Å². The van der Waals surface area contributed by atoms with Crippen LogP contribution < -0.4 is 15.4 Å². The molecule has 0 heterocycles. The predicted octanol–water partition coefficient (Wildman–Crippen LogP) is 2.72. The van der Waals surface area contributed by atoms with Crippen molar-refractivity contribution < 1.29 is 14.3 Å². The fourth-order valence-corrected chi connectivity index (χ4v) is 2.00. The van der Waals surface area contributed by atoms with Crippen LogP contribution in [0.3, 0.4) is 0 Å². The van der Waals surface area contributed by atoms with Crippen molar-refractivity contribution in [2.75, 3.05) is 19.0 Å². The van der Waals surface area contributed by atoms with E-state index in [9.17, 15) is 9.59 Å². The van der Waals surface area contributed by atoms with Crippen LogP contribution in [0.15, 0.2) is 48.5 Å². The van der Waals surface area contributed by atoms with E-state index in [0.29, 0.717) is 22.0 Å². The van der Waals surface area contributed by atoms with Crippen LogP contribution in [-0.4, -0.2) is 25.5 Å². The third kappa shape index (κ3) is 4.23. The lowest BCUT2D eigenvalue weighted by molar-refractivity contribution is -0.115. The van der Waals surface area contributed by atoms with Crippen molar-refractivity contribution in [3.05, 3.63) is 59.1 Å². The Morgan fingerprint density at radius 1 is 1.14 bits per heavy atom. The lowest BCUT2D eigenvalue weighted by Crippen LogP contribution is -2.32. The molecule has 2 aromatic carbocycles. The van der Waals surface area contributed by atoms with Gasteiger partial charge in [0.2, 0.25) is 5.91 Å². The first-order valence-corrected chi connectivity index (χ1v) is 6.94. The molecule has 2 aromatic rings. The van der Waals surface area contributed by atoms with Crippen LogP contribution in [0.2, 0.25) is 5.02 Å². The van der Waals surface area contributed by atoms with Gasteiger partial charge in [-0.2, -0.15) is 0 Å². The molecule has 0 saturated carbocycles. The van der Waals surface area contributed by atoms with Crippen molar-refractivity contribution in [3.63, 3.8) is 0 Å². The van der Waals surface area contributed by atoms with Crippen LogP contribution in [0, 0.1) is 0 Å². The molecule has 2 rings (SSSR count). The van der Waals surface area contributed by atoms with E-state index in [1.165, 1.54) is 7.11 Å². The number of halogens is 1. The second-order valence-corrected chi connectivity index (χ2v) is 4.88. The van der Waals surface area contributed by atoms with Gasteiger partial charge in [-0.25, -0.2) is 0 Å². The van der Waals surface area contributed by atoms with Crippen molar-refractivity contribution in [1.82, 2.24) is 5.32 Å². The molecule has 6 heteroatoms. The number of rotatable bonds is 5. The topological polar surface area (TPSA) is 67.4 Å². The third-order valence-electron chi connectivity index (χ3n) is 2.88. The van der Waals surface area contributed by atoms with E-state index in [1.807, 2.05) is 6.07 Å². The van der Waals surface area contributed by atoms with Crippen molar-refractivity contribution in [1.29, 1.82) is 0 Å². The van der Waals surface area contributed by atoms with E-state index in [1.54, 1.807) is 42.5 Å². The van der Waals surface area contributed by atoms with Crippen LogP contribution in [0.1, 0.15) is 10.4 Å². The standard InChI is InChI=1S/C16H15ClN2O3/c1-22-14-8-7-12(17)9-13(14)19-15(20)10-18-16(21)11-5-3-2-4-6-11/h2-9H,10H2,1H3,(H,18,21)(H,19,20).